The molecule has 2 aromatic carbocycles. The van der Waals surface area contributed by atoms with Crippen LogP contribution in [0.3, 0.4) is 0 Å². The van der Waals surface area contributed by atoms with Gasteiger partial charge in [0.2, 0.25) is 0 Å². The largest absolute Gasteiger partial charge is 0.493 e. The molecule has 0 radical (unpaired) electrons. The van der Waals surface area contributed by atoms with E-state index in [1.807, 2.05) is 37.3 Å². The van der Waals surface area contributed by atoms with Crippen molar-refractivity contribution in [3.63, 3.8) is 0 Å². The highest BCUT2D eigenvalue weighted by Gasteiger charge is 2.53. The SMILES string of the molecule is COC(=O)N1CC[C@@H]2[C@H]1CCC[C@]2(C#Cc1cccc(C)c1)OC(=O)Cc1ccc(OC)c(OC)c1. The highest BCUT2D eigenvalue weighted by Crippen LogP contribution is 2.45. The molecule has 0 unspecified atom stereocenters. The standard InChI is InChI=1S/C29H33NO6/c1-20-7-5-8-21(17-20)12-15-29(14-6-9-24-23(29)13-16-30(24)28(32)35-4)36-27(31)19-22-10-11-25(33-2)26(18-22)34-3/h5,7-8,10-11,17-18,23-24H,6,9,13-14,16,19H2,1-4H3/t23-,24-,29-/m1/s1. The molecule has 36 heavy (non-hydrogen) atoms. The van der Waals surface area contributed by atoms with E-state index in [0.29, 0.717) is 30.9 Å². The van der Waals surface area contributed by atoms with Gasteiger partial charge in [-0.15, -0.1) is 0 Å². The Hall–Kier alpha value is -3.66. The van der Waals surface area contributed by atoms with Crippen molar-refractivity contribution >= 4 is 12.1 Å². The quantitative estimate of drug-likeness (QED) is 0.452. The van der Waals surface area contributed by atoms with Crippen LogP contribution in [0.15, 0.2) is 42.5 Å². The van der Waals surface area contributed by atoms with Crippen molar-refractivity contribution in [1.82, 2.24) is 4.90 Å². The van der Waals surface area contributed by atoms with Crippen molar-refractivity contribution in [3.05, 3.63) is 59.2 Å². The van der Waals surface area contributed by atoms with Crippen LogP contribution in [0.25, 0.3) is 0 Å². The molecule has 0 aromatic heterocycles. The first-order valence-corrected chi connectivity index (χ1v) is 12.3. The molecule has 2 aromatic rings. The number of hydrogen-bond donors (Lipinski definition) is 0. The van der Waals surface area contributed by atoms with Crippen molar-refractivity contribution in [2.45, 2.75) is 50.7 Å². The Bertz CT molecular complexity index is 1180. The van der Waals surface area contributed by atoms with E-state index in [1.165, 1.54) is 7.11 Å². The molecule has 4 rings (SSSR count). The molecule has 1 amide bonds. The summed E-state index contributed by atoms with van der Waals surface area (Å²) in [5, 5.41) is 0. The monoisotopic (exact) mass is 491 g/mol. The van der Waals surface area contributed by atoms with Crippen LogP contribution < -0.4 is 9.47 Å². The van der Waals surface area contributed by atoms with Crippen LogP contribution in [0.1, 0.15) is 42.4 Å². The molecule has 190 valence electrons. The van der Waals surface area contributed by atoms with Crippen LogP contribution >= 0.6 is 0 Å². The summed E-state index contributed by atoms with van der Waals surface area (Å²) in [6, 6.07) is 13.3. The minimum Gasteiger partial charge on any atom is -0.493 e. The maximum Gasteiger partial charge on any atom is 0.409 e. The van der Waals surface area contributed by atoms with Crippen molar-refractivity contribution in [3.8, 4) is 23.3 Å². The summed E-state index contributed by atoms with van der Waals surface area (Å²) in [6.07, 6.45) is 2.68. The molecule has 2 fully saturated rings. The van der Waals surface area contributed by atoms with Gasteiger partial charge in [-0.05, 0) is 73.9 Å². The van der Waals surface area contributed by atoms with Crippen LogP contribution in [0.2, 0.25) is 0 Å². The fraction of sp³-hybridized carbons (Fsp3) is 0.448. The Kier molecular flexibility index (Phi) is 7.73. The molecule has 0 bridgehead atoms. The van der Waals surface area contributed by atoms with Crippen LogP contribution in [-0.4, -0.2) is 56.5 Å². The topological polar surface area (TPSA) is 74.3 Å². The van der Waals surface area contributed by atoms with Gasteiger partial charge < -0.3 is 23.8 Å². The second-order valence-electron chi connectivity index (χ2n) is 9.37. The third kappa shape index (κ3) is 5.28. The van der Waals surface area contributed by atoms with E-state index < -0.39 is 5.60 Å². The van der Waals surface area contributed by atoms with Gasteiger partial charge in [-0.25, -0.2) is 4.79 Å². The van der Waals surface area contributed by atoms with Crippen molar-refractivity contribution in [1.29, 1.82) is 0 Å². The number of esters is 1. The number of hydrogen-bond acceptors (Lipinski definition) is 6. The number of ether oxygens (including phenoxy) is 4. The number of carbonyl (C=O) groups excluding carboxylic acids is 2. The minimum atomic E-state index is -0.983. The number of fused-ring (bicyclic) bond motifs is 1. The lowest BCUT2D eigenvalue weighted by Gasteiger charge is -2.42. The predicted octanol–water partition coefficient (Wildman–Crippen LogP) is 4.53. The third-order valence-electron chi connectivity index (χ3n) is 7.13. The zero-order chi connectivity index (χ0) is 25.7. The number of rotatable bonds is 5. The van der Waals surface area contributed by atoms with Gasteiger partial charge in [0, 0.05) is 24.1 Å². The fourth-order valence-corrected chi connectivity index (χ4v) is 5.46. The molecule has 1 aliphatic heterocycles. The maximum absolute atomic E-state index is 13.3. The Balaban J connectivity index is 1.64. The summed E-state index contributed by atoms with van der Waals surface area (Å²) in [5.41, 5.74) is 1.76. The van der Waals surface area contributed by atoms with E-state index in [4.69, 9.17) is 18.9 Å². The predicted molar refractivity (Wildman–Crippen MR) is 135 cm³/mol. The number of nitrogens with zero attached hydrogens (tertiary/aromatic N) is 1. The lowest BCUT2D eigenvalue weighted by atomic mass is 9.72. The molecule has 7 heteroatoms. The lowest BCUT2D eigenvalue weighted by molar-refractivity contribution is -0.161. The summed E-state index contributed by atoms with van der Waals surface area (Å²) in [7, 11) is 4.53. The van der Waals surface area contributed by atoms with Gasteiger partial charge in [-0.3, -0.25) is 4.79 Å². The molecule has 0 spiro atoms. The molecular formula is C29H33NO6. The molecular weight excluding hydrogens is 458 g/mol. The van der Waals surface area contributed by atoms with Gasteiger partial charge in [0.05, 0.1) is 27.8 Å². The number of benzene rings is 2. The molecule has 3 atom stereocenters. The first kappa shape index (κ1) is 25.4. The summed E-state index contributed by atoms with van der Waals surface area (Å²) in [5.74, 6) is 7.34. The number of carbonyl (C=O) groups is 2. The molecule has 1 saturated heterocycles. The number of amides is 1. The second kappa shape index (κ2) is 10.9. The Labute approximate surface area is 212 Å². The normalized spacial score (nSPS) is 22.6. The fourth-order valence-electron chi connectivity index (χ4n) is 5.46. The highest BCUT2D eigenvalue weighted by molar-refractivity contribution is 5.74. The maximum atomic E-state index is 13.3. The first-order chi connectivity index (χ1) is 17.4. The van der Waals surface area contributed by atoms with E-state index in [0.717, 1.165) is 29.5 Å². The number of aryl methyl sites for hydroxylation is 1. The average Bonchev–Trinajstić information content (AvgIpc) is 3.32. The van der Waals surface area contributed by atoms with E-state index in [9.17, 15) is 9.59 Å². The summed E-state index contributed by atoms with van der Waals surface area (Å²) in [6.45, 7) is 2.58. The number of methoxy groups -OCH3 is 3. The zero-order valence-corrected chi connectivity index (χ0v) is 21.3. The van der Waals surface area contributed by atoms with E-state index in [2.05, 4.69) is 11.8 Å². The van der Waals surface area contributed by atoms with Crippen molar-refractivity contribution in [2.75, 3.05) is 27.9 Å². The molecule has 7 nitrogen and oxygen atoms in total. The van der Waals surface area contributed by atoms with E-state index in [1.54, 1.807) is 31.3 Å². The van der Waals surface area contributed by atoms with Gasteiger partial charge >= 0.3 is 12.1 Å². The number of likely N-dealkylation sites (tertiary alicyclic amines) is 1. The van der Waals surface area contributed by atoms with Gasteiger partial charge in [0.15, 0.2) is 17.1 Å². The van der Waals surface area contributed by atoms with E-state index in [-0.39, 0.29) is 30.4 Å². The Morgan fingerprint density at radius 3 is 2.58 bits per heavy atom. The van der Waals surface area contributed by atoms with Gasteiger partial charge in [0.25, 0.3) is 0 Å². The Morgan fingerprint density at radius 2 is 1.86 bits per heavy atom. The van der Waals surface area contributed by atoms with Crippen molar-refractivity contribution < 1.29 is 28.5 Å². The van der Waals surface area contributed by atoms with Crippen LogP contribution in [0.4, 0.5) is 4.79 Å². The first-order valence-electron chi connectivity index (χ1n) is 12.3. The van der Waals surface area contributed by atoms with Gasteiger partial charge in [-0.2, -0.15) is 0 Å². The van der Waals surface area contributed by atoms with Crippen LogP contribution in [-0.2, 0) is 20.7 Å². The van der Waals surface area contributed by atoms with E-state index >= 15 is 0 Å². The second-order valence-corrected chi connectivity index (χ2v) is 9.37. The zero-order valence-electron chi connectivity index (χ0n) is 21.3. The van der Waals surface area contributed by atoms with Crippen LogP contribution in [0.5, 0.6) is 11.5 Å². The molecule has 0 N–H and O–H groups in total. The third-order valence-corrected chi connectivity index (χ3v) is 7.13. The molecule has 2 aliphatic rings. The minimum absolute atomic E-state index is 0.0757. The van der Waals surface area contributed by atoms with Gasteiger partial charge in [-0.1, -0.05) is 24.1 Å². The molecule has 1 aliphatic carbocycles. The van der Waals surface area contributed by atoms with Crippen molar-refractivity contribution in [2.24, 2.45) is 5.92 Å². The summed E-state index contributed by atoms with van der Waals surface area (Å²) in [4.78, 5) is 27.5. The average molecular weight is 492 g/mol. The molecule has 1 saturated carbocycles. The smallest absolute Gasteiger partial charge is 0.409 e. The summed E-state index contributed by atoms with van der Waals surface area (Å²) >= 11 is 0. The van der Waals surface area contributed by atoms with Crippen LogP contribution in [0, 0.1) is 24.7 Å². The summed E-state index contributed by atoms with van der Waals surface area (Å²) < 4.78 is 22.0. The van der Waals surface area contributed by atoms with Gasteiger partial charge in [0.1, 0.15) is 0 Å². The highest BCUT2D eigenvalue weighted by atomic mass is 16.6. The lowest BCUT2D eigenvalue weighted by Crippen LogP contribution is -2.52. The molecule has 1 heterocycles. The Morgan fingerprint density at radius 1 is 1.06 bits per heavy atom.